The number of amides is 1. The summed E-state index contributed by atoms with van der Waals surface area (Å²) < 4.78 is 10.1. The van der Waals surface area contributed by atoms with Gasteiger partial charge in [-0.1, -0.05) is 0 Å². The van der Waals surface area contributed by atoms with E-state index in [1.165, 1.54) is 17.6 Å². The summed E-state index contributed by atoms with van der Waals surface area (Å²) in [4.78, 5) is 24.8. The number of anilines is 1. The Kier molecular flexibility index (Phi) is 4.24. The van der Waals surface area contributed by atoms with Crippen molar-refractivity contribution in [2.24, 2.45) is 0 Å². The Labute approximate surface area is 120 Å². The molecule has 5 nitrogen and oxygen atoms in total. The van der Waals surface area contributed by atoms with Gasteiger partial charge in [0.25, 0.3) is 5.91 Å². The van der Waals surface area contributed by atoms with Gasteiger partial charge in [-0.05, 0) is 32.9 Å². The third-order valence-corrected chi connectivity index (χ3v) is 3.61. The molecule has 0 fully saturated rings. The smallest absolute Gasteiger partial charge is 0.341 e. The van der Waals surface area contributed by atoms with Crippen molar-refractivity contribution < 1.29 is 18.7 Å². The van der Waals surface area contributed by atoms with E-state index in [1.807, 2.05) is 6.92 Å². The van der Waals surface area contributed by atoms with Crippen LogP contribution < -0.4 is 5.32 Å². The van der Waals surface area contributed by atoms with Gasteiger partial charge >= 0.3 is 5.97 Å². The van der Waals surface area contributed by atoms with Gasteiger partial charge in [-0.15, -0.1) is 11.3 Å². The zero-order valence-electron chi connectivity index (χ0n) is 11.5. The third-order valence-electron chi connectivity index (χ3n) is 2.65. The number of esters is 1. The second-order valence-electron chi connectivity index (χ2n) is 4.21. The van der Waals surface area contributed by atoms with Crippen LogP contribution in [0.2, 0.25) is 0 Å². The molecule has 2 rings (SSSR count). The van der Waals surface area contributed by atoms with Gasteiger partial charge in [0.05, 0.1) is 18.4 Å². The number of furan rings is 1. The number of thiophene rings is 1. The van der Waals surface area contributed by atoms with Gasteiger partial charge in [0, 0.05) is 10.4 Å². The van der Waals surface area contributed by atoms with Crippen LogP contribution >= 0.6 is 11.3 Å². The van der Waals surface area contributed by atoms with E-state index < -0.39 is 5.97 Å². The van der Waals surface area contributed by atoms with Gasteiger partial charge in [0.1, 0.15) is 5.00 Å². The second kappa shape index (κ2) is 5.92. The highest BCUT2D eigenvalue weighted by molar-refractivity contribution is 7.16. The predicted octanol–water partition coefficient (Wildman–Crippen LogP) is 3.39. The highest BCUT2D eigenvalue weighted by Crippen LogP contribution is 2.29. The summed E-state index contributed by atoms with van der Waals surface area (Å²) in [5.74, 6) is -0.575. The molecule has 20 heavy (non-hydrogen) atoms. The summed E-state index contributed by atoms with van der Waals surface area (Å²) in [5, 5.41) is 3.17. The summed E-state index contributed by atoms with van der Waals surface area (Å²) in [7, 11) is 0. The molecule has 0 spiro atoms. The fourth-order valence-corrected chi connectivity index (χ4v) is 2.63. The molecule has 0 bridgehead atoms. The number of hydrogen-bond donors (Lipinski definition) is 1. The average molecular weight is 293 g/mol. The molecule has 0 unspecified atom stereocenters. The van der Waals surface area contributed by atoms with Crippen molar-refractivity contribution in [1.29, 1.82) is 0 Å². The first-order chi connectivity index (χ1) is 9.52. The zero-order valence-corrected chi connectivity index (χ0v) is 12.3. The maximum atomic E-state index is 12.1. The Hall–Kier alpha value is -2.08. The third kappa shape index (κ3) is 2.91. The van der Waals surface area contributed by atoms with Crippen molar-refractivity contribution in [3.63, 3.8) is 0 Å². The van der Waals surface area contributed by atoms with E-state index in [4.69, 9.17) is 9.15 Å². The minimum atomic E-state index is -0.441. The largest absolute Gasteiger partial charge is 0.462 e. The first-order valence-corrected chi connectivity index (χ1v) is 6.97. The van der Waals surface area contributed by atoms with Gasteiger partial charge in [-0.25, -0.2) is 4.79 Å². The summed E-state index contributed by atoms with van der Waals surface area (Å²) in [6, 6.07) is 3.41. The lowest BCUT2D eigenvalue weighted by Crippen LogP contribution is -2.14. The van der Waals surface area contributed by atoms with Crippen LogP contribution in [0, 0.1) is 13.8 Å². The first-order valence-electron chi connectivity index (χ1n) is 6.16. The molecule has 6 heteroatoms. The Balaban J connectivity index is 2.23. The summed E-state index contributed by atoms with van der Waals surface area (Å²) in [6.07, 6.45) is 1.45. The minimum absolute atomic E-state index is 0.242. The first kappa shape index (κ1) is 14.3. The topological polar surface area (TPSA) is 68.5 Å². The summed E-state index contributed by atoms with van der Waals surface area (Å²) in [6.45, 7) is 5.67. The molecule has 106 valence electrons. The van der Waals surface area contributed by atoms with Gasteiger partial charge < -0.3 is 14.5 Å². The molecule has 0 saturated heterocycles. The highest BCUT2D eigenvalue weighted by atomic mass is 32.1. The van der Waals surface area contributed by atoms with E-state index in [-0.39, 0.29) is 11.7 Å². The lowest BCUT2D eigenvalue weighted by Gasteiger charge is -2.05. The second-order valence-corrected chi connectivity index (χ2v) is 5.46. The maximum Gasteiger partial charge on any atom is 0.341 e. The Morgan fingerprint density at radius 3 is 2.75 bits per heavy atom. The normalized spacial score (nSPS) is 10.3. The molecular weight excluding hydrogens is 278 g/mol. The van der Waals surface area contributed by atoms with Gasteiger partial charge in [0.2, 0.25) is 0 Å². The average Bonchev–Trinajstić information content (AvgIpc) is 2.96. The van der Waals surface area contributed by atoms with Crippen LogP contribution in [0.25, 0.3) is 0 Å². The van der Waals surface area contributed by atoms with Crippen molar-refractivity contribution >= 4 is 28.2 Å². The van der Waals surface area contributed by atoms with Gasteiger partial charge in [-0.2, -0.15) is 0 Å². The van der Waals surface area contributed by atoms with E-state index >= 15 is 0 Å². The molecule has 2 aromatic rings. The Morgan fingerprint density at radius 1 is 1.40 bits per heavy atom. The molecule has 1 N–H and O–H groups in total. The monoisotopic (exact) mass is 293 g/mol. The number of carbonyl (C=O) groups is 2. The van der Waals surface area contributed by atoms with Crippen LogP contribution in [-0.4, -0.2) is 18.5 Å². The SMILES string of the molecule is CCOC(=O)c1cc(C)sc1NC(=O)c1occc1C. The molecule has 2 heterocycles. The molecule has 0 aliphatic rings. The highest BCUT2D eigenvalue weighted by Gasteiger charge is 2.20. The zero-order chi connectivity index (χ0) is 14.7. The molecule has 0 aromatic carbocycles. The quantitative estimate of drug-likeness (QED) is 0.877. The van der Waals surface area contributed by atoms with Crippen molar-refractivity contribution in [1.82, 2.24) is 0 Å². The Bertz CT molecular complexity index is 641. The standard InChI is InChI=1S/C14H15NO4S/c1-4-18-14(17)10-7-9(3)20-13(10)15-12(16)11-8(2)5-6-19-11/h5-7H,4H2,1-3H3,(H,15,16). The molecule has 0 aliphatic heterocycles. The molecule has 1 amide bonds. The van der Waals surface area contributed by atoms with Crippen LogP contribution in [0.4, 0.5) is 5.00 Å². The van der Waals surface area contributed by atoms with Crippen LogP contribution in [0.5, 0.6) is 0 Å². The summed E-state index contributed by atoms with van der Waals surface area (Å²) >= 11 is 1.33. The Morgan fingerprint density at radius 2 is 2.15 bits per heavy atom. The van der Waals surface area contributed by atoms with E-state index in [0.717, 1.165) is 10.4 Å². The molecule has 0 saturated carbocycles. The number of rotatable bonds is 4. The van der Waals surface area contributed by atoms with Crippen LogP contribution in [0.3, 0.4) is 0 Å². The van der Waals surface area contributed by atoms with Crippen LogP contribution in [0.15, 0.2) is 22.8 Å². The van der Waals surface area contributed by atoms with Crippen molar-refractivity contribution in [2.45, 2.75) is 20.8 Å². The molecule has 0 atom stereocenters. The van der Waals surface area contributed by atoms with Gasteiger partial charge in [0.15, 0.2) is 5.76 Å². The number of hydrogen-bond acceptors (Lipinski definition) is 5. The number of ether oxygens (including phenoxy) is 1. The lowest BCUT2D eigenvalue weighted by atomic mass is 10.2. The lowest BCUT2D eigenvalue weighted by molar-refractivity contribution is 0.0528. The van der Waals surface area contributed by atoms with Crippen LogP contribution in [-0.2, 0) is 4.74 Å². The number of carbonyl (C=O) groups excluding carboxylic acids is 2. The van der Waals surface area contributed by atoms with E-state index in [1.54, 1.807) is 26.0 Å². The van der Waals surface area contributed by atoms with E-state index in [0.29, 0.717) is 17.2 Å². The fraction of sp³-hybridized carbons (Fsp3) is 0.286. The minimum Gasteiger partial charge on any atom is -0.462 e. The van der Waals surface area contributed by atoms with E-state index in [2.05, 4.69) is 5.32 Å². The summed E-state index contributed by atoms with van der Waals surface area (Å²) in [5.41, 5.74) is 1.11. The molecule has 2 aromatic heterocycles. The maximum absolute atomic E-state index is 12.1. The van der Waals surface area contributed by atoms with Crippen molar-refractivity contribution in [3.8, 4) is 0 Å². The molecule has 0 aliphatic carbocycles. The molecular formula is C14H15NO4S. The van der Waals surface area contributed by atoms with Crippen LogP contribution in [0.1, 0.15) is 38.3 Å². The number of nitrogens with one attached hydrogen (secondary N) is 1. The van der Waals surface area contributed by atoms with Crippen molar-refractivity contribution in [2.75, 3.05) is 11.9 Å². The van der Waals surface area contributed by atoms with Gasteiger partial charge in [-0.3, -0.25) is 4.79 Å². The predicted molar refractivity (Wildman–Crippen MR) is 76.4 cm³/mol. The number of aryl methyl sites for hydroxylation is 2. The van der Waals surface area contributed by atoms with E-state index in [9.17, 15) is 9.59 Å². The molecule has 0 radical (unpaired) electrons. The van der Waals surface area contributed by atoms with Crippen molar-refractivity contribution in [3.05, 3.63) is 40.2 Å². The fourth-order valence-electron chi connectivity index (χ4n) is 1.73.